The van der Waals surface area contributed by atoms with Crippen LogP contribution >= 0.6 is 12.4 Å². The van der Waals surface area contributed by atoms with Crippen LogP contribution in [-0.4, -0.2) is 45.1 Å². The van der Waals surface area contributed by atoms with Crippen LogP contribution in [0.4, 0.5) is 5.69 Å². The van der Waals surface area contributed by atoms with Crippen LogP contribution in [0.2, 0.25) is 0 Å². The molecule has 2 N–H and O–H groups in total. The van der Waals surface area contributed by atoms with E-state index in [0.717, 1.165) is 18.5 Å². The van der Waals surface area contributed by atoms with Gasteiger partial charge < -0.3 is 10.6 Å². The molecule has 8 nitrogen and oxygen atoms in total. The fraction of sp³-hybridized carbons (Fsp3) is 0.474. The Bertz CT molecular complexity index is 880. The normalized spacial score (nSPS) is 18.8. The van der Waals surface area contributed by atoms with Gasteiger partial charge >= 0.3 is 5.69 Å². The van der Waals surface area contributed by atoms with Crippen LogP contribution in [0.15, 0.2) is 24.3 Å². The summed E-state index contributed by atoms with van der Waals surface area (Å²) >= 11 is 0. The molecular formula is C19H26ClN5O3. The van der Waals surface area contributed by atoms with Crippen molar-refractivity contribution in [2.75, 3.05) is 19.6 Å². The minimum Gasteiger partial charge on any atom is -0.338 e. The Kier molecular flexibility index (Phi) is 6.46. The van der Waals surface area contributed by atoms with E-state index in [0.29, 0.717) is 36.6 Å². The van der Waals surface area contributed by atoms with Crippen molar-refractivity contribution < 1.29 is 9.72 Å². The number of benzene rings is 1. The highest BCUT2D eigenvalue weighted by atomic mass is 35.5. The smallest absolute Gasteiger partial charge is 0.312 e. The van der Waals surface area contributed by atoms with Gasteiger partial charge in [-0.25, -0.2) is 0 Å². The summed E-state index contributed by atoms with van der Waals surface area (Å²) in [5.74, 6) is 0.0143. The number of hydrogen-bond acceptors (Lipinski definition) is 5. The number of nitrogens with zero attached hydrogens (tertiary/aromatic N) is 4. The lowest BCUT2D eigenvalue weighted by molar-refractivity contribution is -0.386. The van der Waals surface area contributed by atoms with Gasteiger partial charge in [-0.05, 0) is 49.9 Å². The lowest BCUT2D eigenvalue weighted by Crippen LogP contribution is -2.34. The highest BCUT2D eigenvalue weighted by molar-refractivity contribution is 5.94. The monoisotopic (exact) mass is 407 g/mol. The first-order valence-corrected chi connectivity index (χ1v) is 9.01. The van der Waals surface area contributed by atoms with E-state index in [9.17, 15) is 14.9 Å². The van der Waals surface area contributed by atoms with E-state index in [-0.39, 0.29) is 29.4 Å². The maximum absolute atomic E-state index is 12.7. The van der Waals surface area contributed by atoms with E-state index in [1.54, 1.807) is 30.7 Å². The van der Waals surface area contributed by atoms with E-state index >= 15 is 0 Å². The van der Waals surface area contributed by atoms with Crippen LogP contribution in [0.25, 0.3) is 0 Å². The summed E-state index contributed by atoms with van der Waals surface area (Å²) in [6, 6.07) is 7.34. The molecule has 2 aromatic rings. The molecule has 1 aromatic carbocycles. The zero-order chi connectivity index (χ0) is 19.8. The van der Waals surface area contributed by atoms with Gasteiger partial charge in [0.05, 0.1) is 11.5 Å². The molecule has 28 heavy (non-hydrogen) atoms. The molecule has 0 saturated carbocycles. The molecule has 1 unspecified atom stereocenters. The number of nitro groups is 1. The highest BCUT2D eigenvalue weighted by Crippen LogP contribution is 2.29. The molecule has 0 aliphatic carbocycles. The maximum atomic E-state index is 12.7. The first-order valence-electron chi connectivity index (χ1n) is 9.01. The molecule has 1 aromatic heterocycles. The molecule has 2 heterocycles. The Morgan fingerprint density at radius 2 is 1.96 bits per heavy atom. The van der Waals surface area contributed by atoms with Crippen molar-refractivity contribution in [2.45, 2.75) is 33.7 Å². The van der Waals surface area contributed by atoms with Crippen LogP contribution < -0.4 is 5.73 Å². The van der Waals surface area contributed by atoms with Gasteiger partial charge in [0.2, 0.25) is 0 Å². The molecule has 1 saturated heterocycles. The van der Waals surface area contributed by atoms with Crippen molar-refractivity contribution in [3.63, 3.8) is 0 Å². The Labute approximate surface area is 170 Å². The summed E-state index contributed by atoms with van der Waals surface area (Å²) in [7, 11) is 0. The summed E-state index contributed by atoms with van der Waals surface area (Å²) in [6.45, 7) is 7.83. The summed E-state index contributed by atoms with van der Waals surface area (Å²) < 4.78 is 1.62. The van der Waals surface area contributed by atoms with Crippen molar-refractivity contribution in [3.05, 3.63) is 56.9 Å². The third-order valence-corrected chi connectivity index (χ3v) is 5.40. The van der Waals surface area contributed by atoms with Crippen molar-refractivity contribution >= 4 is 24.0 Å². The first kappa shape index (κ1) is 21.8. The van der Waals surface area contributed by atoms with Gasteiger partial charge in [0.1, 0.15) is 11.4 Å². The summed E-state index contributed by atoms with van der Waals surface area (Å²) in [4.78, 5) is 25.3. The minimum atomic E-state index is -0.402. The van der Waals surface area contributed by atoms with Gasteiger partial charge in [-0.2, -0.15) is 5.10 Å². The zero-order valence-electron chi connectivity index (χ0n) is 16.3. The van der Waals surface area contributed by atoms with Crippen molar-refractivity contribution in [2.24, 2.45) is 11.1 Å². The average Bonchev–Trinajstić information content (AvgIpc) is 3.16. The van der Waals surface area contributed by atoms with Gasteiger partial charge in [-0.3, -0.25) is 19.6 Å². The van der Waals surface area contributed by atoms with Crippen molar-refractivity contribution in [1.82, 2.24) is 14.7 Å². The molecule has 1 amide bonds. The number of aryl methyl sites for hydroxylation is 1. The summed E-state index contributed by atoms with van der Waals surface area (Å²) in [6.07, 6.45) is 0.921. The van der Waals surface area contributed by atoms with Crippen LogP contribution in [0.3, 0.4) is 0 Å². The molecule has 0 bridgehead atoms. The van der Waals surface area contributed by atoms with Crippen LogP contribution in [0.1, 0.15) is 40.7 Å². The van der Waals surface area contributed by atoms with E-state index in [1.165, 1.54) is 0 Å². The molecule has 1 aliphatic heterocycles. The summed E-state index contributed by atoms with van der Waals surface area (Å²) in [5.41, 5.74) is 8.37. The Balaban J connectivity index is 0.00000280. The van der Waals surface area contributed by atoms with Gasteiger partial charge in [0.25, 0.3) is 5.91 Å². The Hall–Kier alpha value is -2.45. The molecular weight excluding hydrogens is 382 g/mol. The molecule has 1 aliphatic rings. The number of rotatable bonds is 5. The second kappa shape index (κ2) is 8.28. The minimum absolute atomic E-state index is 0. The molecule has 0 radical (unpaired) electrons. The lowest BCUT2D eigenvalue weighted by atomic mass is 9.90. The number of likely N-dealkylation sites (tertiary alicyclic amines) is 1. The molecule has 1 atom stereocenters. The second-order valence-electron chi connectivity index (χ2n) is 7.62. The van der Waals surface area contributed by atoms with Gasteiger partial charge in [0.15, 0.2) is 0 Å². The standard InChI is InChI=1S/C19H25N5O3.ClH/c1-13-17(24(26)27)14(2)23(21-13)10-15-4-6-16(7-5-15)18(25)22-9-8-19(3,11-20)12-22;/h4-7H,8-12,20H2,1-3H3;1H. The number of carbonyl (C=O) groups is 1. The predicted molar refractivity (Wildman–Crippen MR) is 109 cm³/mol. The fourth-order valence-electron chi connectivity index (χ4n) is 3.58. The average molecular weight is 408 g/mol. The van der Waals surface area contributed by atoms with Crippen LogP contribution in [0, 0.1) is 29.4 Å². The quantitative estimate of drug-likeness (QED) is 0.605. The Morgan fingerprint density at radius 1 is 1.32 bits per heavy atom. The van der Waals surface area contributed by atoms with Crippen LogP contribution in [-0.2, 0) is 6.54 Å². The SMILES string of the molecule is Cc1nn(Cc2ccc(C(=O)N3CCC(C)(CN)C3)cc2)c(C)c1[N+](=O)[O-].Cl. The predicted octanol–water partition coefficient (Wildman–Crippen LogP) is 2.69. The molecule has 1 fully saturated rings. The molecule has 0 spiro atoms. The fourth-order valence-corrected chi connectivity index (χ4v) is 3.58. The molecule has 152 valence electrons. The first-order chi connectivity index (χ1) is 12.7. The largest absolute Gasteiger partial charge is 0.338 e. The van der Waals surface area contributed by atoms with E-state index in [2.05, 4.69) is 12.0 Å². The van der Waals surface area contributed by atoms with Crippen molar-refractivity contribution in [1.29, 1.82) is 0 Å². The number of aromatic nitrogens is 2. The maximum Gasteiger partial charge on any atom is 0.312 e. The van der Waals surface area contributed by atoms with Crippen LogP contribution in [0.5, 0.6) is 0 Å². The van der Waals surface area contributed by atoms with E-state index in [1.807, 2.05) is 17.0 Å². The Morgan fingerprint density at radius 3 is 2.46 bits per heavy atom. The second-order valence-corrected chi connectivity index (χ2v) is 7.62. The topological polar surface area (TPSA) is 107 Å². The number of nitrogens with two attached hydrogens (primary N) is 1. The zero-order valence-corrected chi connectivity index (χ0v) is 17.2. The number of carbonyl (C=O) groups excluding carboxylic acids is 1. The third-order valence-electron chi connectivity index (χ3n) is 5.40. The van der Waals surface area contributed by atoms with Gasteiger partial charge in [0, 0.05) is 18.7 Å². The van der Waals surface area contributed by atoms with E-state index in [4.69, 9.17) is 5.73 Å². The third kappa shape index (κ3) is 4.18. The molecule has 3 rings (SSSR count). The number of halogens is 1. The van der Waals surface area contributed by atoms with Crippen molar-refractivity contribution in [3.8, 4) is 0 Å². The number of hydrogen-bond donors (Lipinski definition) is 1. The van der Waals surface area contributed by atoms with Gasteiger partial charge in [-0.1, -0.05) is 19.1 Å². The highest BCUT2D eigenvalue weighted by Gasteiger charge is 2.35. The van der Waals surface area contributed by atoms with Gasteiger partial charge in [-0.15, -0.1) is 12.4 Å². The lowest BCUT2D eigenvalue weighted by Gasteiger charge is -2.22. The summed E-state index contributed by atoms with van der Waals surface area (Å²) in [5, 5.41) is 15.4. The number of amides is 1. The van der Waals surface area contributed by atoms with E-state index < -0.39 is 4.92 Å². The molecule has 9 heteroatoms.